The molecule has 26 heavy (non-hydrogen) atoms. The Kier molecular flexibility index (Phi) is 5.03. The number of carbonyl (C=O) groups excluding carboxylic acids is 1. The number of benzene rings is 1. The van der Waals surface area contributed by atoms with Gasteiger partial charge in [-0.3, -0.25) is 9.59 Å². The summed E-state index contributed by atoms with van der Waals surface area (Å²) >= 11 is 0. The number of nitrogens with zero attached hydrogens (tertiary/aromatic N) is 3. The molecule has 1 aromatic heterocycles. The van der Waals surface area contributed by atoms with Gasteiger partial charge in [0.1, 0.15) is 0 Å². The van der Waals surface area contributed by atoms with E-state index < -0.39 is 17.3 Å². The number of carbonyl (C=O) groups is 2. The van der Waals surface area contributed by atoms with Gasteiger partial charge in [0.25, 0.3) is 5.91 Å². The maximum Gasteiger partial charge on any atom is 0.311 e. The predicted molar refractivity (Wildman–Crippen MR) is 93.3 cm³/mol. The molecule has 0 saturated carbocycles. The molecule has 1 fully saturated rings. The lowest BCUT2D eigenvalue weighted by molar-refractivity contribution is -0.154. The van der Waals surface area contributed by atoms with E-state index in [1.54, 1.807) is 11.6 Å². The molecule has 2 aromatic rings. The number of aryl methyl sites for hydroxylation is 1. The van der Waals surface area contributed by atoms with Crippen molar-refractivity contribution in [2.24, 2.45) is 5.41 Å². The van der Waals surface area contributed by atoms with Crippen LogP contribution in [0.1, 0.15) is 34.6 Å². The summed E-state index contributed by atoms with van der Waals surface area (Å²) in [5, 5.41) is 20.3. The van der Waals surface area contributed by atoms with Crippen molar-refractivity contribution in [2.45, 2.75) is 26.7 Å². The third-order valence-corrected chi connectivity index (χ3v) is 4.85. The number of hydrogen-bond donors (Lipinski definition) is 2. The van der Waals surface area contributed by atoms with Gasteiger partial charge in [-0.1, -0.05) is 17.3 Å². The lowest BCUT2D eigenvalue weighted by atomic mass is 9.80. The largest absolute Gasteiger partial charge is 0.481 e. The van der Waals surface area contributed by atoms with Crippen LogP contribution in [-0.4, -0.2) is 51.7 Å². The average Bonchev–Trinajstić information content (AvgIpc) is 3.02. The predicted octanol–water partition coefficient (Wildman–Crippen LogP) is 1.50. The van der Waals surface area contributed by atoms with Crippen molar-refractivity contribution >= 4 is 11.9 Å². The monoisotopic (exact) mass is 358 g/mol. The number of ether oxygens (including phenoxy) is 1. The van der Waals surface area contributed by atoms with Gasteiger partial charge >= 0.3 is 5.97 Å². The minimum absolute atomic E-state index is 0.0429. The Morgan fingerprint density at radius 1 is 1.31 bits per heavy atom. The fourth-order valence-electron chi connectivity index (χ4n) is 3.11. The van der Waals surface area contributed by atoms with Crippen LogP contribution < -0.4 is 5.32 Å². The van der Waals surface area contributed by atoms with Crippen molar-refractivity contribution in [2.75, 3.05) is 19.8 Å². The van der Waals surface area contributed by atoms with Gasteiger partial charge in [0, 0.05) is 19.8 Å². The third-order valence-electron chi connectivity index (χ3n) is 4.85. The second kappa shape index (κ2) is 7.25. The lowest BCUT2D eigenvalue weighted by Gasteiger charge is -2.33. The van der Waals surface area contributed by atoms with Crippen molar-refractivity contribution in [3.05, 3.63) is 41.2 Å². The molecule has 2 N–H and O–H groups in total. The molecule has 1 amide bonds. The SMILES string of the molecule is Cc1cccc(-n2nnc(C(=O)NCC3(C(=O)O)CCOCC3)c2C)c1. The number of rotatable bonds is 5. The van der Waals surface area contributed by atoms with Crippen LogP contribution in [0.15, 0.2) is 24.3 Å². The van der Waals surface area contributed by atoms with E-state index in [9.17, 15) is 14.7 Å². The van der Waals surface area contributed by atoms with E-state index in [1.165, 1.54) is 0 Å². The first-order chi connectivity index (χ1) is 12.4. The summed E-state index contributed by atoms with van der Waals surface area (Å²) in [6, 6.07) is 7.72. The zero-order valence-electron chi connectivity index (χ0n) is 14.9. The van der Waals surface area contributed by atoms with Gasteiger partial charge < -0.3 is 15.2 Å². The summed E-state index contributed by atoms with van der Waals surface area (Å²) in [7, 11) is 0. The van der Waals surface area contributed by atoms with Crippen LogP contribution in [0, 0.1) is 19.3 Å². The Balaban J connectivity index is 1.75. The Labute approximate surface area is 151 Å². The third kappa shape index (κ3) is 3.45. The van der Waals surface area contributed by atoms with Crippen LogP contribution in [0.4, 0.5) is 0 Å². The van der Waals surface area contributed by atoms with Crippen LogP contribution in [0.25, 0.3) is 5.69 Å². The summed E-state index contributed by atoms with van der Waals surface area (Å²) in [5.74, 6) is -1.34. The normalized spacial score (nSPS) is 16.2. The first-order valence-corrected chi connectivity index (χ1v) is 8.52. The molecule has 1 aliphatic heterocycles. The Morgan fingerprint density at radius 2 is 2.04 bits per heavy atom. The Bertz CT molecular complexity index is 824. The van der Waals surface area contributed by atoms with E-state index in [0.29, 0.717) is 31.7 Å². The van der Waals surface area contributed by atoms with Crippen LogP contribution in [0.2, 0.25) is 0 Å². The highest BCUT2D eigenvalue weighted by atomic mass is 16.5. The molecule has 8 heteroatoms. The number of nitrogens with one attached hydrogen (secondary N) is 1. The molecule has 138 valence electrons. The maximum atomic E-state index is 12.5. The molecule has 8 nitrogen and oxygen atoms in total. The second-order valence-corrected chi connectivity index (χ2v) is 6.65. The van der Waals surface area contributed by atoms with E-state index in [0.717, 1.165) is 11.3 Å². The Morgan fingerprint density at radius 3 is 2.69 bits per heavy atom. The summed E-state index contributed by atoms with van der Waals surface area (Å²) in [6.07, 6.45) is 0.745. The van der Waals surface area contributed by atoms with Crippen molar-refractivity contribution < 1.29 is 19.4 Å². The fraction of sp³-hybridized carbons (Fsp3) is 0.444. The topological polar surface area (TPSA) is 106 Å². The maximum absolute atomic E-state index is 12.5. The van der Waals surface area contributed by atoms with Crippen molar-refractivity contribution in [1.29, 1.82) is 0 Å². The van der Waals surface area contributed by atoms with Gasteiger partial charge in [-0.15, -0.1) is 5.10 Å². The average molecular weight is 358 g/mol. The molecule has 0 atom stereocenters. The number of aliphatic carboxylic acids is 1. The molecular weight excluding hydrogens is 336 g/mol. The van der Waals surface area contributed by atoms with Crippen LogP contribution in [0.5, 0.6) is 0 Å². The minimum Gasteiger partial charge on any atom is -0.481 e. The number of aromatic nitrogens is 3. The number of hydrogen-bond acceptors (Lipinski definition) is 5. The van der Waals surface area contributed by atoms with Gasteiger partial charge in [0.2, 0.25) is 0 Å². The molecule has 0 unspecified atom stereocenters. The van der Waals surface area contributed by atoms with Gasteiger partial charge in [0.15, 0.2) is 5.69 Å². The van der Waals surface area contributed by atoms with E-state index in [4.69, 9.17) is 4.74 Å². The summed E-state index contributed by atoms with van der Waals surface area (Å²) in [5.41, 5.74) is 1.70. The van der Waals surface area contributed by atoms with Gasteiger partial charge in [-0.05, 0) is 44.4 Å². The molecule has 0 bridgehead atoms. The molecule has 1 aromatic carbocycles. The van der Waals surface area contributed by atoms with Gasteiger partial charge in [-0.2, -0.15) is 0 Å². The van der Waals surface area contributed by atoms with E-state index in [2.05, 4.69) is 15.6 Å². The summed E-state index contributed by atoms with van der Waals surface area (Å²) < 4.78 is 6.85. The fourth-order valence-corrected chi connectivity index (χ4v) is 3.11. The standard InChI is InChI=1S/C18H22N4O4/c1-12-4-3-5-14(10-12)22-13(2)15(20-21-22)16(23)19-11-18(17(24)25)6-8-26-9-7-18/h3-5,10H,6-9,11H2,1-2H3,(H,19,23)(H,24,25). The molecule has 3 rings (SSSR count). The molecule has 0 radical (unpaired) electrons. The minimum atomic E-state index is -0.992. The first kappa shape index (κ1) is 18.1. The highest BCUT2D eigenvalue weighted by Gasteiger charge is 2.40. The summed E-state index contributed by atoms with van der Waals surface area (Å²) in [6.45, 7) is 4.54. The second-order valence-electron chi connectivity index (χ2n) is 6.65. The highest BCUT2D eigenvalue weighted by Crippen LogP contribution is 2.30. The zero-order valence-corrected chi connectivity index (χ0v) is 14.9. The van der Waals surface area contributed by atoms with Crippen LogP contribution >= 0.6 is 0 Å². The number of carboxylic acids is 1. The molecule has 2 heterocycles. The number of amides is 1. The quantitative estimate of drug-likeness (QED) is 0.839. The lowest BCUT2D eigenvalue weighted by Crippen LogP contribution is -2.46. The molecule has 1 aliphatic rings. The van der Waals surface area contributed by atoms with Crippen molar-refractivity contribution in [1.82, 2.24) is 20.3 Å². The van der Waals surface area contributed by atoms with E-state index in [-0.39, 0.29) is 12.2 Å². The number of carboxylic acid groups (broad SMARTS) is 1. The molecule has 0 spiro atoms. The van der Waals surface area contributed by atoms with E-state index in [1.807, 2.05) is 31.2 Å². The molecule has 1 saturated heterocycles. The first-order valence-electron chi connectivity index (χ1n) is 8.52. The van der Waals surface area contributed by atoms with Crippen LogP contribution in [-0.2, 0) is 9.53 Å². The molecule has 0 aliphatic carbocycles. The smallest absolute Gasteiger partial charge is 0.311 e. The van der Waals surface area contributed by atoms with Crippen molar-refractivity contribution in [3.8, 4) is 5.69 Å². The molecular formula is C18H22N4O4. The zero-order chi connectivity index (χ0) is 18.7. The van der Waals surface area contributed by atoms with Gasteiger partial charge in [0.05, 0.1) is 16.8 Å². The van der Waals surface area contributed by atoms with E-state index >= 15 is 0 Å². The van der Waals surface area contributed by atoms with Gasteiger partial charge in [-0.25, -0.2) is 4.68 Å². The van der Waals surface area contributed by atoms with Crippen molar-refractivity contribution in [3.63, 3.8) is 0 Å². The summed E-state index contributed by atoms with van der Waals surface area (Å²) in [4.78, 5) is 24.2. The van der Waals surface area contributed by atoms with Crippen LogP contribution in [0.3, 0.4) is 0 Å². The Hall–Kier alpha value is -2.74. The highest BCUT2D eigenvalue weighted by molar-refractivity contribution is 5.93.